The van der Waals surface area contributed by atoms with Gasteiger partial charge in [-0.25, -0.2) is 14.2 Å². The highest BCUT2D eigenvalue weighted by Crippen LogP contribution is 2.34. The van der Waals surface area contributed by atoms with Crippen LogP contribution in [-0.2, 0) is 6.42 Å². The van der Waals surface area contributed by atoms with Crippen LogP contribution < -0.4 is 20.4 Å². The second-order valence-corrected chi connectivity index (χ2v) is 7.27. The summed E-state index contributed by atoms with van der Waals surface area (Å²) < 4.78 is 14.1. The molecule has 1 fully saturated rings. The molecular formula is C21H27FN6O. The van der Waals surface area contributed by atoms with Crippen LogP contribution >= 0.6 is 0 Å². The predicted molar refractivity (Wildman–Crippen MR) is 115 cm³/mol. The third kappa shape index (κ3) is 4.89. The first-order valence-electron chi connectivity index (χ1n) is 9.66. The largest absolute Gasteiger partial charge is 0.368 e. The fourth-order valence-electron chi connectivity index (χ4n) is 3.51. The van der Waals surface area contributed by atoms with Gasteiger partial charge in [-0.1, -0.05) is 13.2 Å². The van der Waals surface area contributed by atoms with E-state index in [1.54, 1.807) is 13.1 Å². The Bertz CT molecular complexity index is 878. The number of urea groups is 1. The number of hydrogen-bond donors (Lipinski definition) is 2. The normalized spacial score (nSPS) is 19.4. The second-order valence-electron chi connectivity index (χ2n) is 7.27. The average Bonchev–Trinajstić information content (AvgIpc) is 3.11. The standard InChI is InChI=1S/C21H27FN6O/c1-14(2)23-8-5-18(22)16(4)26-21(29)28-11-7-17-19(6-9-25-20(17)28)27-12-10-24-15(3)13-27/h5-6,8-9,15,24H,1,4,7,10-13H2,2-3H3,(H,26,29)/b18-5+,23-8?/t15-/m0/s1. The van der Waals surface area contributed by atoms with E-state index in [2.05, 4.69) is 45.6 Å². The van der Waals surface area contributed by atoms with Gasteiger partial charge in [0.15, 0.2) is 0 Å². The lowest BCUT2D eigenvalue weighted by Crippen LogP contribution is -2.49. The third-order valence-corrected chi connectivity index (χ3v) is 4.87. The van der Waals surface area contributed by atoms with E-state index >= 15 is 0 Å². The number of rotatable bonds is 5. The molecule has 2 amide bonds. The zero-order valence-corrected chi connectivity index (χ0v) is 16.9. The maximum Gasteiger partial charge on any atom is 0.327 e. The number of allylic oxidation sites excluding steroid dienone is 3. The summed E-state index contributed by atoms with van der Waals surface area (Å²) in [4.78, 5) is 24.8. The number of carbonyl (C=O) groups excluding carboxylic acids is 1. The van der Waals surface area contributed by atoms with Crippen LogP contribution in [0, 0.1) is 0 Å². The second kappa shape index (κ2) is 9.00. The van der Waals surface area contributed by atoms with E-state index in [0.717, 1.165) is 37.0 Å². The van der Waals surface area contributed by atoms with Crippen molar-refractivity contribution in [2.45, 2.75) is 26.3 Å². The molecule has 0 bridgehead atoms. The van der Waals surface area contributed by atoms with Crippen LogP contribution in [0.3, 0.4) is 0 Å². The molecule has 0 spiro atoms. The first kappa shape index (κ1) is 20.7. The third-order valence-electron chi connectivity index (χ3n) is 4.87. The van der Waals surface area contributed by atoms with Crippen LogP contribution in [0.25, 0.3) is 0 Å². The van der Waals surface area contributed by atoms with Crippen molar-refractivity contribution >= 4 is 23.8 Å². The Morgan fingerprint density at radius 2 is 2.24 bits per heavy atom. The lowest BCUT2D eigenvalue weighted by Gasteiger charge is -2.34. The van der Waals surface area contributed by atoms with Crippen molar-refractivity contribution in [3.63, 3.8) is 0 Å². The van der Waals surface area contributed by atoms with Gasteiger partial charge >= 0.3 is 6.03 Å². The molecule has 3 heterocycles. The molecule has 1 saturated heterocycles. The minimum absolute atomic E-state index is 0.122. The molecule has 2 aliphatic rings. The number of anilines is 2. The first-order chi connectivity index (χ1) is 13.9. The minimum Gasteiger partial charge on any atom is -0.368 e. The van der Waals surface area contributed by atoms with Gasteiger partial charge < -0.3 is 15.5 Å². The number of halogens is 1. The van der Waals surface area contributed by atoms with E-state index in [-0.39, 0.29) is 5.70 Å². The Labute approximate surface area is 170 Å². The smallest absolute Gasteiger partial charge is 0.327 e. The molecule has 154 valence electrons. The first-order valence-corrected chi connectivity index (χ1v) is 9.66. The van der Waals surface area contributed by atoms with E-state index in [9.17, 15) is 9.18 Å². The molecule has 2 N–H and O–H groups in total. The van der Waals surface area contributed by atoms with Crippen LogP contribution in [0.4, 0.5) is 20.7 Å². The lowest BCUT2D eigenvalue weighted by molar-refractivity contribution is 0.249. The summed E-state index contributed by atoms with van der Waals surface area (Å²) in [6.07, 6.45) is 4.84. The molecule has 8 heteroatoms. The SMILES string of the molecule is C=C(C)N=C/C=C(/F)C(=C)NC(=O)N1CCc2c(N3CCN[C@@H](C)C3)ccnc21. The highest BCUT2D eigenvalue weighted by Gasteiger charge is 2.30. The highest BCUT2D eigenvalue weighted by molar-refractivity contribution is 5.95. The maximum absolute atomic E-state index is 14.1. The predicted octanol–water partition coefficient (Wildman–Crippen LogP) is 2.92. The number of fused-ring (bicyclic) bond motifs is 1. The van der Waals surface area contributed by atoms with Crippen LogP contribution in [0.2, 0.25) is 0 Å². The molecule has 7 nitrogen and oxygen atoms in total. The fraction of sp³-hybridized carbons (Fsp3) is 0.381. The quantitative estimate of drug-likeness (QED) is 0.591. The van der Waals surface area contributed by atoms with Crippen molar-refractivity contribution < 1.29 is 9.18 Å². The number of nitrogens with zero attached hydrogens (tertiary/aromatic N) is 4. The summed E-state index contributed by atoms with van der Waals surface area (Å²) in [6, 6.07) is 1.95. The van der Waals surface area contributed by atoms with Gasteiger partial charge in [0.05, 0.1) is 5.70 Å². The summed E-state index contributed by atoms with van der Waals surface area (Å²) >= 11 is 0. The van der Waals surface area contributed by atoms with Crippen LogP contribution in [0.15, 0.2) is 53.7 Å². The van der Waals surface area contributed by atoms with Gasteiger partial charge in [-0.3, -0.25) is 9.89 Å². The van der Waals surface area contributed by atoms with Gasteiger partial charge in [-0.05, 0) is 32.4 Å². The van der Waals surface area contributed by atoms with E-state index in [1.807, 2.05) is 6.07 Å². The lowest BCUT2D eigenvalue weighted by atomic mass is 10.1. The number of aromatic nitrogens is 1. The molecule has 29 heavy (non-hydrogen) atoms. The molecule has 1 atom stereocenters. The van der Waals surface area contributed by atoms with Gasteiger partial charge in [0, 0.05) is 61.6 Å². The molecule has 3 rings (SSSR count). The number of hydrogen-bond acceptors (Lipinski definition) is 5. The molecule has 0 unspecified atom stereocenters. The molecule has 2 aliphatic heterocycles. The van der Waals surface area contributed by atoms with Crippen molar-refractivity contribution in [2.24, 2.45) is 4.99 Å². The number of pyridine rings is 1. The van der Waals surface area contributed by atoms with Gasteiger partial charge in [-0.2, -0.15) is 0 Å². The van der Waals surface area contributed by atoms with Gasteiger partial charge in [-0.15, -0.1) is 0 Å². The van der Waals surface area contributed by atoms with Crippen molar-refractivity contribution in [1.82, 2.24) is 15.6 Å². The number of nitrogens with one attached hydrogen (secondary N) is 2. The molecule has 0 saturated carbocycles. The van der Waals surface area contributed by atoms with Crippen LogP contribution in [-0.4, -0.2) is 49.5 Å². The van der Waals surface area contributed by atoms with Crippen molar-refractivity contribution in [3.8, 4) is 0 Å². The van der Waals surface area contributed by atoms with Crippen molar-refractivity contribution in [1.29, 1.82) is 0 Å². The van der Waals surface area contributed by atoms with Gasteiger partial charge in [0.2, 0.25) is 0 Å². The Kier molecular flexibility index (Phi) is 6.43. The number of carbonyl (C=O) groups is 1. The molecule has 1 aromatic rings. The van der Waals surface area contributed by atoms with Gasteiger partial charge in [0.1, 0.15) is 11.6 Å². The Morgan fingerprint density at radius 3 is 2.97 bits per heavy atom. The maximum atomic E-state index is 14.1. The Balaban J connectivity index is 1.71. The van der Waals surface area contributed by atoms with Gasteiger partial charge in [0.25, 0.3) is 0 Å². The molecule has 0 aliphatic carbocycles. The number of aliphatic imine (C=N–C) groups is 1. The summed E-state index contributed by atoms with van der Waals surface area (Å²) in [6.45, 7) is 14.3. The molecule has 0 radical (unpaired) electrons. The van der Waals surface area contributed by atoms with E-state index in [1.165, 1.54) is 11.1 Å². The summed E-state index contributed by atoms with van der Waals surface area (Å²) in [7, 11) is 0. The Morgan fingerprint density at radius 1 is 1.45 bits per heavy atom. The zero-order chi connectivity index (χ0) is 21.0. The molecule has 0 aromatic carbocycles. The highest BCUT2D eigenvalue weighted by atomic mass is 19.1. The van der Waals surface area contributed by atoms with Crippen molar-refractivity contribution in [2.75, 3.05) is 36.0 Å². The van der Waals surface area contributed by atoms with E-state index < -0.39 is 11.9 Å². The Hall–Kier alpha value is -3.00. The molecule has 1 aromatic heterocycles. The zero-order valence-electron chi connectivity index (χ0n) is 16.9. The number of piperazine rings is 1. The average molecular weight is 398 g/mol. The summed E-state index contributed by atoms with van der Waals surface area (Å²) in [5, 5.41) is 5.94. The molecular weight excluding hydrogens is 371 g/mol. The van der Waals surface area contributed by atoms with Crippen LogP contribution in [0.1, 0.15) is 19.4 Å². The van der Waals surface area contributed by atoms with Crippen molar-refractivity contribution in [3.05, 3.63) is 54.3 Å². The monoisotopic (exact) mass is 398 g/mol. The number of amides is 2. The van der Waals surface area contributed by atoms with E-state index in [4.69, 9.17) is 0 Å². The minimum atomic E-state index is -0.667. The summed E-state index contributed by atoms with van der Waals surface area (Å²) in [5.41, 5.74) is 2.59. The summed E-state index contributed by atoms with van der Waals surface area (Å²) in [5.74, 6) is -0.0495. The van der Waals surface area contributed by atoms with Crippen LogP contribution in [0.5, 0.6) is 0 Å². The fourth-order valence-corrected chi connectivity index (χ4v) is 3.51. The topological polar surface area (TPSA) is 72.9 Å². The van der Waals surface area contributed by atoms with E-state index in [0.29, 0.717) is 30.5 Å².